The van der Waals surface area contributed by atoms with E-state index in [1.165, 1.54) is 10.9 Å². The van der Waals surface area contributed by atoms with Crippen LogP contribution in [0.25, 0.3) is 0 Å². The summed E-state index contributed by atoms with van der Waals surface area (Å²) in [5.74, 6) is 0.901. The Labute approximate surface area is 137 Å². The van der Waals surface area contributed by atoms with Gasteiger partial charge in [0, 0.05) is 11.8 Å². The van der Waals surface area contributed by atoms with Crippen LogP contribution in [0.5, 0.6) is 11.5 Å². The van der Waals surface area contributed by atoms with Gasteiger partial charge in [0.05, 0.1) is 12.5 Å². The fraction of sp³-hybridized carbons (Fsp3) is 0.308. The molecule has 0 unspecified atom stereocenters. The number of carbonyl (C=O) groups excluding carboxylic acids is 1. The summed E-state index contributed by atoms with van der Waals surface area (Å²) in [4.78, 5) is 12.0. The van der Waals surface area contributed by atoms with Crippen LogP contribution in [0.1, 0.15) is 0 Å². The quantitative estimate of drug-likeness (QED) is 0.779. The summed E-state index contributed by atoms with van der Waals surface area (Å²) in [6.45, 7) is 0.835. The van der Waals surface area contributed by atoms with E-state index in [2.05, 4.69) is 20.4 Å². The number of aromatic nitrogens is 3. The van der Waals surface area contributed by atoms with Gasteiger partial charge in [-0.1, -0.05) is 5.21 Å². The number of rotatable bonds is 5. The average molecular weight is 353 g/mol. The number of ether oxygens (including phenoxy) is 2. The van der Waals surface area contributed by atoms with Crippen LogP contribution < -0.4 is 19.5 Å². The molecule has 128 valence electrons. The number of hydrogen-bond acceptors (Lipinski definition) is 7. The van der Waals surface area contributed by atoms with E-state index in [-0.39, 0.29) is 18.3 Å². The first kappa shape index (κ1) is 16.1. The van der Waals surface area contributed by atoms with E-state index >= 15 is 0 Å². The SMILES string of the molecule is CS(=O)(=O)Nc1cn(CC(=O)Nc2ccc3c(c2)OCCO3)nn1. The van der Waals surface area contributed by atoms with Crippen LogP contribution in [0.3, 0.4) is 0 Å². The second kappa shape index (κ2) is 6.35. The molecule has 1 aromatic heterocycles. The van der Waals surface area contributed by atoms with E-state index in [1.54, 1.807) is 18.2 Å². The molecule has 0 bridgehead atoms. The molecule has 1 amide bonds. The molecular formula is C13H15N5O5S. The predicted molar refractivity (Wildman–Crippen MR) is 84.6 cm³/mol. The second-order valence-corrected chi connectivity index (χ2v) is 6.83. The number of anilines is 2. The molecule has 0 atom stereocenters. The average Bonchev–Trinajstić information content (AvgIpc) is 2.91. The highest BCUT2D eigenvalue weighted by Crippen LogP contribution is 2.32. The molecule has 2 aromatic rings. The zero-order valence-corrected chi connectivity index (χ0v) is 13.5. The van der Waals surface area contributed by atoms with Crippen molar-refractivity contribution in [2.45, 2.75) is 6.54 Å². The fourth-order valence-electron chi connectivity index (χ4n) is 2.08. The largest absolute Gasteiger partial charge is 0.486 e. The molecule has 10 nitrogen and oxygen atoms in total. The van der Waals surface area contributed by atoms with Gasteiger partial charge in [-0.15, -0.1) is 5.10 Å². The summed E-state index contributed by atoms with van der Waals surface area (Å²) in [6.07, 6.45) is 2.32. The normalized spacial score (nSPS) is 13.4. The summed E-state index contributed by atoms with van der Waals surface area (Å²) < 4.78 is 36.4. The van der Waals surface area contributed by atoms with Gasteiger partial charge in [-0.2, -0.15) is 0 Å². The minimum absolute atomic E-state index is 0.0460. The minimum atomic E-state index is -3.44. The van der Waals surface area contributed by atoms with E-state index < -0.39 is 10.0 Å². The van der Waals surface area contributed by atoms with Gasteiger partial charge in [0.15, 0.2) is 17.3 Å². The molecule has 11 heteroatoms. The Hall–Kier alpha value is -2.82. The van der Waals surface area contributed by atoms with Crippen LogP contribution in [0.2, 0.25) is 0 Å². The number of fused-ring (bicyclic) bond motifs is 1. The van der Waals surface area contributed by atoms with Gasteiger partial charge < -0.3 is 14.8 Å². The van der Waals surface area contributed by atoms with E-state index in [1.807, 2.05) is 0 Å². The Kier molecular flexibility index (Phi) is 4.25. The molecular weight excluding hydrogens is 338 g/mol. The van der Waals surface area contributed by atoms with Gasteiger partial charge in [0.25, 0.3) is 0 Å². The van der Waals surface area contributed by atoms with Gasteiger partial charge in [-0.3, -0.25) is 9.52 Å². The topological polar surface area (TPSA) is 124 Å². The first-order chi connectivity index (χ1) is 11.4. The number of sulfonamides is 1. The molecule has 1 aliphatic heterocycles. The van der Waals surface area contributed by atoms with Crippen molar-refractivity contribution in [3.8, 4) is 11.5 Å². The van der Waals surface area contributed by atoms with E-state index in [4.69, 9.17) is 9.47 Å². The van der Waals surface area contributed by atoms with Crippen molar-refractivity contribution in [2.24, 2.45) is 0 Å². The standard InChI is InChI=1S/C13H15N5O5S/c1-24(20,21)16-12-7-18(17-15-12)8-13(19)14-9-2-3-10-11(6-9)23-5-4-22-10/h2-3,6-7,16H,4-5,8H2,1H3,(H,14,19). The molecule has 2 heterocycles. The monoisotopic (exact) mass is 353 g/mol. The molecule has 1 aromatic carbocycles. The Bertz CT molecular complexity index is 863. The maximum absolute atomic E-state index is 12.0. The van der Waals surface area contributed by atoms with E-state index in [0.29, 0.717) is 30.4 Å². The molecule has 3 rings (SSSR count). The summed E-state index contributed by atoms with van der Waals surface area (Å²) in [7, 11) is -3.44. The lowest BCUT2D eigenvalue weighted by Crippen LogP contribution is -2.20. The third-order valence-electron chi connectivity index (χ3n) is 2.96. The number of hydrogen-bond donors (Lipinski definition) is 2. The van der Waals surface area contributed by atoms with Crippen LogP contribution in [0, 0.1) is 0 Å². The lowest BCUT2D eigenvalue weighted by atomic mass is 10.2. The van der Waals surface area contributed by atoms with Crippen LogP contribution in [0.4, 0.5) is 11.5 Å². The maximum atomic E-state index is 12.0. The zero-order chi connectivity index (χ0) is 17.2. The summed E-state index contributed by atoms with van der Waals surface area (Å²) in [5.41, 5.74) is 0.554. The molecule has 0 aliphatic carbocycles. The van der Waals surface area contributed by atoms with Crippen LogP contribution in [-0.4, -0.2) is 48.8 Å². The third-order valence-corrected chi connectivity index (χ3v) is 3.54. The fourth-order valence-corrected chi connectivity index (χ4v) is 2.55. The molecule has 24 heavy (non-hydrogen) atoms. The van der Waals surface area contributed by atoms with Gasteiger partial charge in [0.2, 0.25) is 15.9 Å². The van der Waals surface area contributed by atoms with E-state index in [0.717, 1.165) is 6.26 Å². The van der Waals surface area contributed by atoms with Crippen molar-refractivity contribution >= 4 is 27.4 Å². The van der Waals surface area contributed by atoms with Crippen molar-refractivity contribution in [3.05, 3.63) is 24.4 Å². The zero-order valence-electron chi connectivity index (χ0n) is 12.7. The minimum Gasteiger partial charge on any atom is -0.486 e. The summed E-state index contributed by atoms with van der Waals surface area (Å²) in [5, 5.41) is 10.0. The van der Waals surface area contributed by atoms with Gasteiger partial charge in [-0.05, 0) is 12.1 Å². The molecule has 2 N–H and O–H groups in total. The Morgan fingerprint density at radius 2 is 2.04 bits per heavy atom. The van der Waals surface area contributed by atoms with Gasteiger partial charge in [0.1, 0.15) is 19.8 Å². The Morgan fingerprint density at radius 3 is 2.79 bits per heavy atom. The van der Waals surface area contributed by atoms with E-state index in [9.17, 15) is 13.2 Å². The van der Waals surface area contributed by atoms with Crippen LogP contribution in [0.15, 0.2) is 24.4 Å². The molecule has 0 fully saturated rings. The molecule has 0 radical (unpaired) electrons. The lowest BCUT2D eigenvalue weighted by Gasteiger charge is -2.18. The maximum Gasteiger partial charge on any atom is 0.246 e. The molecule has 0 spiro atoms. The molecule has 0 saturated heterocycles. The predicted octanol–water partition coefficient (Wildman–Crippen LogP) is 0.0595. The number of benzene rings is 1. The summed E-state index contributed by atoms with van der Waals surface area (Å²) in [6, 6.07) is 5.08. The first-order valence-corrected chi connectivity index (χ1v) is 8.86. The lowest BCUT2D eigenvalue weighted by molar-refractivity contribution is -0.116. The van der Waals surface area contributed by atoms with Gasteiger partial charge >= 0.3 is 0 Å². The van der Waals surface area contributed by atoms with Crippen molar-refractivity contribution in [2.75, 3.05) is 29.5 Å². The van der Waals surface area contributed by atoms with Crippen molar-refractivity contribution < 1.29 is 22.7 Å². The number of nitrogens with one attached hydrogen (secondary N) is 2. The van der Waals surface area contributed by atoms with Crippen molar-refractivity contribution in [1.82, 2.24) is 15.0 Å². The van der Waals surface area contributed by atoms with Gasteiger partial charge in [-0.25, -0.2) is 13.1 Å². The van der Waals surface area contributed by atoms with Crippen molar-refractivity contribution in [3.63, 3.8) is 0 Å². The Balaban J connectivity index is 1.61. The molecule has 1 aliphatic rings. The highest BCUT2D eigenvalue weighted by Gasteiger charge is 2.13. The third kappa shape index (κ3) is 4.13. The van der Waals surface area contributed by atoms with Crippen LogP contribution >= 0.6 is 0 Å². The highest BCUT2D eigenvalue weighted by atomic mass is 32.2. The Morgan fingerprint density at radius 1 is 1.29 bits per heavy atom. The number of amides is 1. The molecule has 0 saturated carbocycles. The van der Waals surface area contributed by atoms with Crippen LogP contribution in [-0.2, 0) is 21.4 Å². The number of nitrogens with zero attached hydrogens (tertiary/aromatic N) is 3. The summed E-state index contributed by atoms with van der Waals surface area (Å²) >= 11 is 0. The first-order valence-electron chi connectivity index (χ1n) is 6.96. The second-order valence-electron chi connectivity index (χ2n) is 5.08. The number of carbonyl (C=O) groups is 1. The van der Waals surface area contributed by atoms with Crippen molar-refractivity contribution in [1.29, 1.82) is 0 Å². The highest BCUT2D eigenvalue weighted by molar-refractivity contribution is 7.92. The smallest absolute Gasteiger partial charge is 0.246 e.